The molecule has 1 aromatic carbocycles. The van der Waals surface area contributed by atoms with Crippen molar-refractivity contribution in [3.05, 3.63) is 59.1 Å². The lowest BCUT2D eigenvalue weighted by molar-refractivity contribution is 0.254. The Labute approximate surface area is 157 Å². The Kier molecular flexibility index (Phi) is 5.09. The minimum absolute atomic E-state index is 0.177. The number of benzene rings is 1. The highest BCUT2D eigenvalue weighted by atomic mass is 35.5. The van der Waals surface area contributed by atoms with E-state index in [1.807, 2.05) is 18.3 Å². The predicted molar refractivity (Wildman–Crippen MR) is 104 cm³/mol. The van der Waals surface area contributed by atoms with Gasteiger partial charge in [0, 0.05) is 43.3 Å². The van der Waals surface area contributed by atoms with Crippen molar-refractivity contribution in [3.8, 4) is 0 Å². The zero-order valence-corrected chi connectivity index (χ0v) is 15.3. The van der Waals surface area contributed by atoms with Crippen LogP contribution in [-0.2, 0) is 6.42 Å². The van der Waals surface area contributed by atoms with Crippen LogP contribution in [0.3, 0.4) is 0 Å². The number of aromatic nitrogens is 2. The number of aromatic amines is 1. The molecule has 4 nitrogen and oxygen atoms in total. The Morgan fingerprint density at radius 2 is 1.96 bits per heavy atom. The van der Waals surface area contributed by atoms with E-state index in [-0.39, 0.29) is 5.82 Å². The normalized spacial score (nSPS) is 15.7. The summed E-state index contributed by atoms with van der Waals surface area (Å²) in [5.74, 6) is 0.780. The Hall–Kier alpha value is -2.11. The molecular weight excluding hydrogens is 351 g/mol. The van der Waals surface area contributed by atoms with E-state index in [2.05, 4.69) is 19.8 Å². The topological polar surface area (TPSA) is 35.2 Å². The average Bonchev–Trinajstić information content (AvgIpc) is 3.04. The third-order valence-electron chi connectivity index (χ3n) is 5.05. The van der Waals surface area contributed by atoms with Gasteiger partial charge in [-0.1, -0.05) is 17.7 Å². The summed E-state index contributed by atoms with van der Waals surface area (Å²) in [6.07, 6.45) is 4.03. The van der Waals surface area contributed by atoms with Crippen molar-refractivity contribution in [1.82, 2.24) is 14.9 Å². The lowest BCUT2D eigenvalue weighted by Gasteiger charge is -2.35. The van der Waals surface area contributed by atoms with Gasteiger partial charge in [0.25, 0.3) is 0 Å². The van der Waals surface area contributed by atoms with Crippen molar-refractivity contribution in [2.75, 3.05) is 37.6 Å². The smallest absolute Gasteiger partial charge is 0.131 e. The standard InChI is InChI=1S/C20H22ClFN4/c21-19-4-1-5-20(24-19)26-11-9-25(10-12-26)8-2-3-15-14-23-18-7-6-16(22)13-17(15)18/h1,4-7,13-14,23H,2-3,8-12H2. The molecule has 3 heterocycles. The number of hydrogen-bond donors (Lipinski definition) is 1. The van der Waals surface area contributed by atoms with Gasteiger partial charge in [0.15, 0.2) is 0 Å². The van der Waals surface area contributed by atoms with E-state index in [9.17, 15) is 4.39 Å². The second-order valence-electron chi connectivity index (χ2n) is 6.75. The molecule has 1 fully saturated rings. The van der Waals surface area contributed by atoms with Crippen molar-refractivity contribution in [2.24, 2.45) is 0 Å². The summed E-state index contributed by atoms with van der Waals surface area (Å²) in [6, 6.07) is 10.7. The van der Waals surface area contributed by atoms with Gasteiger partial charge in [-0.25, -0.2) is 9.37 Å². The summed E-state index contributed by atoms with van der Waals surface area (Å²) in [4.78, 5) is 12.4. The SMILES string of the molecule is Fc1ccc2[nH]cc(CCCN3CCN(c4cccc(Cl)n4)CC3)c2c1. The number of nitrogens with one attached hydrogen (secondary N) is 1. The van der Waals surface area contributed by atoms with Gasteiger partial charge >= 0.3 is 0 Å². The molecule has 1 N–H and O–H groups in total. The highest BCUT2D eigenvalue weighted by Crippen LogP contribution is 2.21. The van der Waals surface area contributed by atoms with Crippen molar-refractivity contribution in [2.45, 2.75) is 12.8 Å². The number of piperazine rings is 1. The van der Waals surface area contributed by atoms with Crippen LogP contribution in [0.4, 0.5) is 10.2 Å². The van der Waals surface area contributed by atoms with Gasteiger partial charge < -0.3 is 9.88 Å². The maximum atomic E-state index is 13.5. The van der Waals surface area contributed by atoms with E-state index in [4.69, 9.17) is 11.6 Å². The minimum Gasteiger partial charge on any atom is -0.361 e. The Morgan fingerprint density at radius 1 is 1.12 bits per heavy atom. The Morgan fingerprint density at radius 3 is 2.77 bits per heavy atom. The zero-order valence-electron chi connectivity index (χ0n) is 14.6. The van der Waals surface area contributed by atoms with Crippen LogP contribution in [0.5, 0.6) is 0 Å². The van der Waals surface area contributed by atoms with Crippen molar-refractivity contribution in [3.63, 3.8) is 0 Å². The van der Waals surface area contributed by atoms with E-state index in [1.54, 1.807) is 18.2 Å². The number of rotatable bonds is 5. The summed E-state index contributed by atoms with van der Waals surface area (Å²) in [5.41, 5.74) is 2.20. The average molecular weight is 373 g/mol. The summed E-state index contributed by atoms with van der Waals surface area (Å²) < 4.78 is 13.5. The molecule has 0 amide bonds. The van der Waals surface area contributed by atoms with Crippen molar-refractivity contribution in [1.29, 1.82) is 0 Å². The Bertz CT molecular complexity index is 886. The third-order valence-corrected chi connectivity index (χ3v) is 5.26. The van der Waals surface area contributed by atoms with Gasteiger partial charge in [-0.3, -0.25) is 4.90 Å². The first kappa shape index (κ1) is 17.3. The van der Waals surface area contributed by atoms with Crippen molar-refractivity contribution < 1.29 is 4.39 Å². The van der Waals surface area contributed by atoms with Gasteiger partial charge in [-0.15, -0.1) is 0 Å². The van der Waals surface area contributed by atoms with Gasteiger partial charge in [0.1, 0.15) is 16.8 Å². The molecule has 0 aliphatic carbocycles. The molecule has 0 bridgehead atoms. The number of H-pyrrole nitrogens is 1. The third kappa shape index (κ3) is 3.84. The van der Waals surface area contributed by atoms with Crippen LogP contribution in [0.25, 0.3) is 10.9 Å². The number of nitrogens with zero attached hydrogens (tertiary/aromatic N) is 3. The number of anilines is 1. The fourth-order valence-electron chi connectivity index (χ4n) is 3.62. The quantitative estimate of drug-likeness (QED) is 0.684. The van der Waals surface area contributed by atoms with E-state index in [0.717, 1.165) is 62.3 Å². The largest absolute Gasteiger partial charge is 0.361 e. The van der Waals surface area contributed by atoms with E-state index in [1.165, 1.54) is 11.6 Å². The highest BCUT2D eigenvalue weighted by Gasteiger charge is 2.18. The number of hydrogen-bond acceptors (Lipinski definition) is 3. The fraction of sp³-hybridized carbons (Fsp3) is 0.350. The molecule has 2 aromatic heterocycles. The molecule has 26 heavy (non-hydrogen) atoms. The van der Waals surface area contributed by atoms with E-state index < -0.39 is 0 Å². The van der Waals surface area contributed by atoms with Gasteiger partial charge in [0.2, 0.25) is 0 Å². The maximum absolute atomic E-state index is 13.5. The van der Waals surface area contributed by atoms with Crippen molar-refractivity contribution >= 4 is 28.3 Å². The van der Waals surface area contributed by atoms with E-state index >= 15 is 0 Å². The van der Waals surface area contributed by atoms with Gasteiger partial charge in [0.05, 0.1) is 0 Å². The van der Waals surface area contributed by atoms with Gasteiger partial charge in [-0.05, 0) is 55.3 Å². The lowest BCUT2D eigenvalue weighted by Crippen LogP contribution is -2.47. The first-order valence-corrected chi connectivity index (χ1v) is 9.42. The molecule has 1 aliphatic rings. The Balaban J connectivity index is 1.28. The molecule has 4 rings (SSSR count). The number of pyridine rings is 1. The molecule has 0 spiro atoms. The summed E-state index contributed by atoms with van der Waals surface area (Å²) in [5, 5.41) is 1.54. The summed E-state index contributed by atoms with van der Waals surface area (Å²) in [7, 11) is 0. The fourth-order valence-corrected chi connectivity index (χ4v) is 3.78. The second kappa shape index (κ2) is 7.64. The highest BCUT2D eigenvalue weighted by molar-refractivity contribution is 6.29. The molecule has 3 aromatic rings. The predicted octanol–water partition coefficient (Wildman–Crippen LogP) is 4.11. The number of halogens is 2. The lowest BCUT2D eigenvalue weighted by atomic mass is 10.1. The van der Waals surface area contributed by atoms with Crippen LogP contribution in [0.2, 0.25) is 5.15 Å². The van der Waals surface area contributed by atoms with Crippen LogP contribution in [0, 0.1) is 5.82 Å². The summed E-state index contributed by atoms with van der Waals surface area (Å²) >= 11 is 5.99. The molecule has 0 atom stereocenters. The molecule has 0 radical (unpaired) electrons. The first-order chi connectivity index (χ1) is 12.7. The van der Waals surface area contributed by atoms with Crippen LogP contribution in [0.15, 0.2) is 42.6 Å². The number of aryl methyl sites for hydroxylation is 1. The molecule has 0 unspecified atom stereocenters. The first-order valence-electron chi connectivity index (χ1n) is 9.04. The van der Waals surface area contributed by atoms with Gasteiger partial charge in [-0.2, -0.15) is 0 Å². The van der Waals surface area contributed by atoms with E-state index in [0.29, 0.717) is 5.15 Å². The molecular formula is C20H22ClFN4. The minimum atomic E-state index is -0.177. The second-order valence-corrected chi connectivity index (χ2v) is 7.14. The van der Waals surface area contributed by atoms with Crippen LogP contribution in [0.1, 0.15) is 12.0 Å². The number of fused-ring (bicyclic) bond motifs is 1. The van der Waals surface area contributed by atoms with Crippen LogP contribution < -0.4 is 4.90 Å². The zero-order chi connectivity index (χ0) is 17.9. The molecule has 6 heteroatoms. The van der Waals surface area contributed by atoms with Crippen LogP contribution in [-0.4, -0.2) is 47.6 Å². The molecule has 1 aliphatic heterocycles. The molecule has 1 saturated heterocycles. The maximum Gasteiger partial charge on any atom is 0.131 e. The summed E-state index contributed by atoms with van der Waals surface area (Å²) in [6.45, 7) is 5.03. The monoisotopic (exact) mass is 372 g/mol. The molecule has 0 saturated carbocycles. The molecule has 136 valence electrons. The van der Waals surface area contributed by atoms with Crippen LogP contribution >= 0.6 is 11.6 Å².